The molecule has 5 heteroatoms. The first-order valence-electron chi connectivity index (χ1n) is 7.96. The molecule has 1 heterocycles. The van der Waals surface area contributed by atoms with Crippen LogP contribution in [-0.4, -0.2) is 24.9 Å². The van der Waals surface area contributed by atoms with E-state index in [0.717, 1.165) is 33.8 Å². The van der Waals surface area contributed by atoms with Gasteiger partial charge < -0.3 is 10.6 Å². The Labute approximate surface area is 141 Å². The number of rotatable bonds is 3. The molecule has 3 rings (SSSR count). The Morgan fingerprint density at radius 1 is 1.12 bits per heavy atom. The highest BCUT2D eigenvalue weighted by molar-refractivity contribution is 6.08. The Balaban J connectivity index is 1.79. The number of nitrogens with one attached hydrogen (secondary N) is 2. The zero-order valence-electron chi connectivity index (χ0n) is 14.1. The summed E-state index contributed by atoms with van der Waals surface area (Å²) in [5.74, 6) is -0.317. The molecule has 0 bridgehead atoms. The summed E-state index contributed by atoms with van der Waals surface area (Å²) in [6.45, 7) is 6.23. The number of nitrogens with zero attached hydrogens (tertiary/aromatic N) is 1. The number of carbonyl (C=O) groups excluding carboxylic acids is 2. The van der Waals surface area contributed by atoms with Gasteiger partial charge in [0, 0.05) is 5.69 Å². The Kier molecular flexibility index (Phi) is 4.25. The van der Waals surface area contributed by atoms with Crippen molar-refractivity contribution in [2.75, 3.05) is 28.6 Å². The molecule has 0 aliphatic carbocycles. The Morgan fingerprint density at radius 2 is 1.79 bits per heavy atom. The Morgan fingerprint density at radius 3 is 2.50 bits per heavy atom. The molecule has 0 radical (unpaired) electrons. The summed E-state index contributed by atoms with van der Waals surface area (Å²) in [4.78, 5) is 26.2. The van der Waals surface area contributed by atoms with E-state index in [4.69, 9.17) is 0 Å². The van der Waals surface area contributed by atoms with E-state index in [-0.39, 0.29) is 24.9 Å². The standard InChI is InChI=1S/C19H21N3O2/c1-12-4-6-15(7-5-12)21-18(23)11-22-17-9-14(3)13(2)8-16(17)20-10-19(22)24/h4-9,20H,10-11H2,1-3H3,(H,21,23). The predicted octanol–water partition coefficient (Wildman–Crippen LogP) is 3.01. The lowest BCUT2D eigenvalue weighted by atomic mass is 10.1. The first kappa shape index (κ1) is 16.1. The van der Waals surface area contributed by atoms with Crippen LogP contribution in [0.15, 0.2) is 36.4 Å². The summed E-state index contributed by atoms with van der Waals surface area (Å²) in [5.41, 5.74) is 5.75. The molecule has 0 atom stereocenters. The maximum Gasteiger partial charge on any atom is 0.246 e. The van der Waals surface area contributed by atoms with Crippen molar-refractivity contribution in [1.29, 1.82) is 0 Å². The number of benzene rings is 2. The minimum absolute atomic E-state index is 0.00386. The number of anilines is 3. The van der Waals surface area contributed by atoms with Crippen molar-refractivity contribution >= 4 is 28.9 Å². The molecular formula is C19H21N3O2. The molecule has 5 nitrogen and oxygen atoms in total. The lowest BCUT2D eigenvalue weighted by Gasteiger charge is -2.30. The van der Waals surface area contributed by atoms with E-state index < -0.39 is 0 Å². The first-order chi connectivity index (χ1) is 11.4. The quantitative estimate of drug-likeness (QED) is 0.913. The van der Waals surface area contributed by atoms with Crippen LogP contribution in [0.5, 0.6) is 0 Å². The summed E-state index contributed by atoms with van der Waals surface area (Å²) in [7, 11) is 0. The van der Waals surface area contributed by atoms with Crippen molar-refractivity contribution in [3.8, 4) is 0 Å². The molecule has 0 fully saturated rings. The molecule has 2 aromatic rings. The van der Waals surface area contributed by atoms with E-state index >= 15 is 0 Å². The van der Waals surface area contributed by atoms with Crippen LogP contribution in [0.4, 0.5) is 17.1 Å². The zero-order chi connectivity index (χ0) is 17.3. The van der Waals surface area contributed by atoms with Crippen LogP contribution in [0.25, 0.3) is 0 Å². The van der Waals surface area contributed by atoms with Gasteiger partial charge in [0.25, 0.3) is 0 Å². The second-order valence-corrected chi connectivity index (χ2v) is 6.20. The largest absolute Gasteiger partial charge is 0.374 e. The van der Waals surface area contributed by atoms with E-state index in [1.807, 2.05) is 57.2 Å². The van der Waals surface area contributed by atoms with Gasteiger partial charge in [0.15, 0.2) is 0 Å². The van der Waals surface area contributed by atoms with Crippen LogP contribution in [0, 0.1) is 20.8 Å². The SMILES string of the molecule is Cc1ccc(NC(=O)CN2C(=O)CNc3cc(C)c(C)cc32)cc1. The fourth-order valence-electron chi connectivity index (χ4n) is 2.72. The normalized spacial score (nSPS) is 13.3. The average molecular weight is 323 g/mol. The van der Waals surface area contributed by atoms with Crippen LogP contribution in [0.3, 0.4) is 0 Å². The van der Waals surface area contributed by atoms with Crippen molar-refractivity contribution in [1.82, 2.24) is 0 Å². The van der Waals surface area contributed by atoms with Gasteiger partial charge in [-0.15, -0.1) is 0 Å². The van der Waals surface area contributed by atoms with Gasteiger partial charge in [0.2, 0.25) is 11.8 Å². The van der Waals surface area contributed by atoms with Gasteiger partial charge in [-0.05, 0) is 56.2 Å². The molecule has 0 saturated carbocycles. The second kappa shape index (κ2) is 6.35. The lowest BCUT2D eigenvalue weighted by molar-refractivity contribution is -0.120. The number of carbonyl (C=O) groups is 2. The van der Waals surface area contributed by atoms with Crippen molar-refractivity contribution in [2.45, 2.75) is 20.8 Å². The second-order valence-electron chi connectivity index (χ2n) is 6.20. The molecule has 124 valence electrons. The van der Waals surface area contributed by atoms with E-state index in [9.17, 15) is 9.59 Å². The fourth-order valence-corrected chi connectivity index (χ4v) is 2.72. The van der Waals surface area contributed by atoms with E-state index in [1.54, 1.807) is 4.90 Å². The monoisotopic (exact) mass is 323 g/mol. The maximum absolute atomic E-state index is 12.3. The number of hydrogen-bond acceptors (Lipinski definition) is 3. The van der Waals surface area contributed by atoms with Gasteiger partial charge in [-0.3, -0.25) is 14.5 Å². The highest BCUT2D eigenvalue weighted by Crippen LogP contribution is 2.32. The summed E-state index contributed by atoms with van der Waals surface area (Å²) < 4.78 is 0. The molecular weight excluding hydrogens is 302 g/mol. The summed E-state index contributed by atoms with van der Waals surface area (Å²) in [5, 5.41) is 5.96. The minimum atomic E-state index is -0.210. The van der Waals surface area contributed by atoms with Gasteiger partial charge in [-0.25, -0.2) is 0 Å². The van der Waals surface area contributed by atoms with Crippen LogP contribution in [-0.2, 0) is 9.59 Å². The van der Waals surface area contributed by atoms with Gasteiger partial charge in [0.05, 0.1) is 17.9 Å². The van der Waals surface area contributed by atoms with E-state index in [1.165, 1.54) is 0 Å². The molecule has 0 spiro atoms. The van der Waals surface area contributed by atoms with Crippen LogP contribution in [0.2, 0.25) is 0 Å². The third kappa shape index (κ3) is 3.25. The zero-order valence-corrected chi connectivity index (χ0v) is 14.1. The van der Waals surface area contributed by atoms with Crippen LogP contribution in [0.1, 0.15) is 16.7 Å². The third-order valence-electron chi connectivity index (χ3n) is 4.27. The average Bonchev–Trinajstić information content (AvgIpc) is 2.54. The van der Waals surface area contributed by atoms with Gasteiger partial charge in [-0.2, -0.15) is 0 Å². The smallest absolute Gasteiger partial charge is 0.246 e. The van der Waals surface area contributed by atoms with Crippen molar-refractivity contribution < 1.29 is 9.59 Å². The topological polar surface area (TPSA) is 61.4 Å². The van der Waals surface area contributed by atoms with Gasteiger partial charge in [0.1, 0.15) is 6.54 Å². The minimum Gasteiger partial charge on any atom is -0.374 e. The number of aryl methyl sites for hydroxylation is 3. The molecule has 1 aliphatic heterocycles. The van der Waals surface area contributed by atoms with E-state index in [0.29, 0.717) is 0 Å². The summed E-state index contributed by atoms with van der Waals surface area (Å²) in [6.07, 6.45) is 0. The molecule has 2 aromatic carbocycles. The highest BCUT2D eigenvalue weighted by Gasteiger charge is 2.26. The number of fused-ring (bicyclic) bond motifs is 1. The van der Waals surface area contributed by atoms with Crippen molar-refractivity contribution in [3.05, 3.63) is 53.1 Å². The van der Waals surface area contributed by atoms with Gasteiger partial charge in [-0.1, -0.05) is 17.7 Å². The Hall–Kier alpha value is -2.82. The molecule has 0 saturated heterocycles. The van der Waals surface area contributed by atoms with E-state index in [2.05, 4.69) is 10.6 Å². The summed E-state index contributed by atoms with van der Waals surface area (Å²) >= 11 is 0. The first-order valence-corrected chi connectivity index (χ1v) is 7.96. The molecule has 2 amide bonds. The molecule has 0 unspecified atom stereocenters. The predicted molar refractivity (Wildman–Crippen MR) is 96.6 cm³/mol. The number of amides is 2. The Bertz CT molecular complexity index is 797. The third-order valence-corrected chi connectivity index (χ3v) is 4.27. The van der Waals surface area contributed by atoms with Crippen LogP contribution >= 0.6 is 0 Å². The van der Waals surface area contributed by atoms with Crippen molar-refractivity contribution in [3.63, 3.8) is 0 Å². The highest BCUT2D eigenvalue weighted by atomic mass is 16.2. The maximum atomic E-state index is 12.3. The summed E-state index contributed by atoms with van der Waals surface area (Å²) in [6, 6.07) is 11.6. The molecule has 0 aromatic heterocycles. The van der Waals surface area contributed by atoms with Gasteiger partial charge >= 0.3 is 0 Å². The lowest BCUT2D eigenvalue weighted by Crippen LogP contribution is -2.44. The molecule has 24 heavy (non-hydrogen) atoms. The number of hydrogen-bond donors (Lipinski definition) is 2. The van der Waals surface area contributed by atoms with Crippen molar-refractivity contribution in [2.24, 2.45) is 0 Å². The fraction of sp³-hybridized carbons (Fsp3) is 0.263. The van der Waals surface area contributed by atoms with Crippen LogP contribution < -0.4 is 15.5 Å². The molecule has 2 N–H and O–H groups in total. The molecule has 1 aliphatic rings.